The average Bonchev–Trinajstić information content (AvgIpc) is 2.31. The van der Waals surface area contributed by atoms with Crippen LogP contribution in [-0.4, -0.2) is 43.2 Å². The van der Waals surface area contributed by atoms with Crippen molar-refractivity contribution < 1.29 is 4.74 Å². The van der Waals surface area contributed by atoms with Crippen molar-refractivity contribution in [3.05, 3.63) is 22.8 Å². The van der Waals surface area contributed by atoms with Crippen LogP contribution in [0.25, 0.3) is 0 Å². The van der Waals surface area contributed by atoms with Gasteiger partial charge in [-0.25, -0.2) is 4.98 Å². The molecule has 1 aliphatic rings. The Balaban J connectivity index is 2.09. The van der Waals surface area contributed by atoms with Crippen LogP contribution in [0.5, 0.6) is 5.88 Å². The maximum absolute atomic E-state index is 5.94. The largest absolute Gasteiger partial charge is 0.481 e. The average molecular weight is 242 g/mol. The lowest BCUT2D eigenvalue weighted by Crippen LogP contribution is -2.42. The Morgan fingerprint density at radius 1 is 1.50 bits per heavy atom. The highest BCUT2D eigenvalue weighted by Gasteiger charge is 2.13. The Hall–Kier alpha value is -0.840. The monoisotopic (exact) mass is 241 g/mol. The van der Waals surface area contributed by atoms with Crippen molar-refractivity contribution in [2.45, 2.75) is 6.54 Å². The van der Waals surface area contributed by atoms with Crippen LogP contribution in [0.3, 0.4) is 0 Å². The lowest BCUT2D eigenvalue weighted by Gasteiger charge is -2.27. The van der Waals surface area contributed by atoms with E-state index < -0.39 is 0 Å². The van der Waals surface area contributed by atoms with E-state index in [1.54, 1.807) is 13.3 Å². The van der Waals surface area contributed by atoms with Crippen molar-refractivity contribution in [1.29, 1.82) is 0 Å². The molecule has 0 atom stereocenters. The van der Waals surface area contributed by atoms with Crippen LogP contribution >= 0.6 is 11.6 Å². The summed E-state index contributed by atoms with van der Waals surface area (Å²) in [6.45, 7) is 5.02. The molecule has 0 spiro atoms. The highest BCUT2D eigenvalue weighted by atomic mass is 35.5. The third-order valence-corrected chi connectivity index (χ3v) is 2.90. The minimum atomic E-state index is 0.658. The molecule has 4 nitrogen and oxygen atoms in total. The predicted molar refractivity (Wildman–Crippen MR) is 63.9 cm³/mol. The molecule has 1 N–H and O–H groups in total. The summed E-state index contributed by atoms with van der Waals surface area (Å²) < 4.78 is 5.23. The van der Waals surface area contributed by atoms with E-state index in [0.29, 0.717) is 10.9 Å². The van der Waals surface area contributed by atoms with E-state index >= 15 is 0 Å². The highest BCUT2D eigenvalue weighted by Crippen LogP contribution is 2.20. The van der Waals surface area contributed by atoms with Gasteiger partial charge in [-0.1, -0.05) is 11.6 Å². The summed E-state index contributed by atoms with van der Waals surface area (Å²) in [7, 11) is 1.64. The quantitative estimate of drug-likeness (QED) is 0.862. The first kappa shape index (κ1) is 11.6. The Kier molecular flexibility index (Phi) is 3.98. The molecule has 5 heteroatoms. The highest BCUT2D eigenvalue weighted by molar-refractivity contribution is 6.30. The van der Waals surface area contributed by atoms with E-state index in [-0.39, 0.29) is 0 Å². The Labute approximate surface area is 101 Å². The SMILES string of the molecule is COc1ncc(Cl)cc1CN1CCNCC1. The van der Waals surface area contributed by atoms with Crippen molar-refractivity contribution in [2.75, 3.05) is 33.3 Å². The van der Waals surface area contributed by atoms with Gasteiger partial charge in [0, 0.05) is 44.5 Å². The zero-order valence-electron chi connectivity index (χ0n) is 9.37. The molecule has 0 bridgehead atoms. The number of piperazine rings is 1. The van der Waals surface area contributed by atoms with Crippen LogP contribution in [0.4, 0.5) is 0 Å². The van der Waals surface area contributed by atoms with Crippen LogP contribution < -0.4 is 10.1 Å². The molecule has 1 aliphatic heterocycles. The molecule has 0 unspecified atom stereocenters. The summed E-state index contributed by atoms with van der Waals surface area (Å²) in [6, 6.07) is 1.93. The van der Waals surface area contributed by atoms with Crippen molar-refractivity contribution in [3.63, 3.8) is 0 Å². The van der Waals surface area contributed by atoms with E-state index in [1.165, 1.54) is 0 Å². The number of nitrogens with one attached hydrogen (secondary N) is 1. The molecule has 1 fully saturated rings. The maximum Gasteiger partial charge on any atom is 0.217 e. The fourth-order valence-electron chi connectivity index (χ4n) is 1.88. The number of rotatable bonds is 3. The third kappa shape index (κ3) is 2.84. The molecule has 16 heavy (non-hydrogen) atoms. The Morgan fingerprint density at radius 3 is 2.94 bits per heavy atom. The number of hydrogen-bond acceptors (Lipinski definition) is 4. The fraction of sp³-hybridized carbons (Fsp3) is 0.545. The van der Waals surface area contributed by atoms with Gasteiger partial charge in [-0.3, -0.25) is 4.90 Å². The number of methoxy groups -OCH3 is 1. The third-order valence-electron chi connectivity index (χ3n) is 2.69. The molecule has 0 amide bonds. The summed E-state index contributed by atoms with van der Waals surface area (Å²) in [4.78, 5) is 6.53. The van der Waals surface area contributed by atoms with Gasteiger partial charge in [0.05, 0.1) is 12.1 Å². The van der Waals surface area contributed by atoms with E-state index in [0.717, 1.165) is 38.3 Å². The van der Waals surface area contributed by atoms with Crippen molar-refractivity contribution in [3.8, 4) is 5.88 Å². The predicted octanol–water partition coefficient (Wildman–Crippen LogP) is 1.15. The van der Waals surface area contributed by atoms with Gasteiger partial charge in [-0.15, -0.1) is 0 Å². The zero-order chi connectivity index (χ0) is 11.4. The summed E-state index contributed by atoms with van der Waals surface area (Å²) in [6.07, 6.45) is 1.61. The molecule has 1 saturated heterocycles. The summed E-state index contributed by atoms with van der Waals surface area (Å²) in [5.41, 5.74) is 1.05. The van der Waals surface area contributed by atoms with Crippen LogP contribution in [0.15, 0.2) is 12.3 Å². The first-order chi connectivity index (χ1) is 7.79. The van der Waals surface area contributed by atoms with Crippen molar-refractivity contribution >= 4 is 11.6 Å². The second-order valence-corrected chi connectivity index (χ2v) is 4.28. The zero-order valence-corrected chi connectivity index (χ0v) is 10.1. The molecule has 0 radical (unpaired) electrons. The molecule has 88 valence electrons. The lowest BCUT2D eigenvalue weighted by atomic mass is 10.2. The molecular weight excluding hydrogens is 226 g/mol. The van der Waals surface area contributed by atoms with E-state index in [1.807, 2.05) is 6.07 Å². The Bertz CT molecular complexity index is 353. The summed E-state index contributed by atoms with van der Waals surface area (Å²) in [5, 5.41) is 3.98. The molecule has 1 aromatic heterocycles. The molecule has 1 aromatic rings. The second-order valence-electron chi connectivity index (χ2n) is 3.85. The topological polar surface area (TPSA) is 37.4 Å². The smallest absolute Gasteiger partial charge is 0.217 e. The fourth-order valence-corrected chi connectivity index (χ4v) is 2.06. The normalized spacial score (nSPS) is 17.4. The van der Waals surface area contributed by atoms with Crippen LogP contribution in [-0.2, 0) is 6.54 Å². The van der Waals surface area contributed by atoms with E-state index in [9.17, 15) is 0 Å². The first-order valence-electron chi connectivity index (χ1n) is 5.41. The van der Waals surface area contributed by atoms with Gasteiger partial charge in [0.15, 0.2) is 0 Å². The number of pyridine rings is 1. The van der Waals surface area contributed by atoms with Gasteiger partial charge in [0.2, 0.25) is 5.88 Å². The summed E-state index contributed by atoms with van der Waals surface area (Å²) >= 11 is 5.94. The van der Waals surface area contributed by atoms with Crippen molar-refractivity contribution in [1.82, 2.24) is 15.2 Å². The van der Waals surface area contributed by atoms with Crippen LogP contribution in [0.2, 0.25) is 5.02 Å². The van der Waals surface area contributed by atoms with Gasteiger partial charge >= 0.3 is 0 Å². The van der Waals surface area contributed by atoms with Crippen molar-refractivity contribution in [2.24, 2.45) is 0 Å². The number of halogens is 1. The van der Waals surface area contributed by atoms with Gasteiger partial charge in [-0.05, 0) is 6.07 Å². The van der Waals surface area contributed by atoms with E-state index in [2.05, 4.69) is 15.2 Å². The lowest BCUT2D eigenvalue weighted by molar-refractivity contribution is 0.229. The molecule has 0 aliphatic carbocycles. The molecule has 0 aromatic carbocycles. The van der Waals surface area contributed by atoms with Gasteiger partial charge in [0.1, 0.15) is 0 Å². The molecular formula is C11H16ClN3O. The first-order valence-corrected chi connectivity index (χ1v) is 5.79. The van der Waals surface area contributed by atoms with Gasteiger partial charge in [-0.2, -0.15) is 0 Å². The van der Waals surface area contributed by atoms with Gasteiger partial charge < -0.3 is 10.1 Å². The second kappa shape index (κ2) is 5.48. The standard InChI is InChI=1S/C11H16ClN3O/c1-16-11-9(6-10(12)7-14-11)8-15-4-2-13-3-5-15/h6-7,13H,2-5,8H2,1H3. The minimum Gasteiger partial charge on any atom is -0.481 e. The number of ether oxygens (including phenoxy) is 1. The van der Waals surface area contributed by atoms with E-state index in [4.69, 9.17) is 16.3 Å². The molecule has 2 rings (SSSR count). The number of nitrogens with zero attached hydrogens (tertiary/aromatic N) is 2. The minimum absolute atomic E-state index is 0.658. The summed E-state index contributed by atoms with van der Waals surface area (Å²) in [5.74, 6) is 0.669. The molecule has 2 heterocycles. The number of hydrogen-bond donors (Lipinski definition) is 1. The number of aromatic nitrogens is 1. The molecule has 0 saturated carbocycles. The maximum atomic E-state index is 5.94. The van der Waals surface area contributed by atoms with Crippen LogP contribution in [0.1, 0.15) is 5.56 Å². The van der Waals surface area contributed by atoms with Crippen LogP contribution in [0, 0.1) is 0 Å². The van der Waals surface area contributed by atoms with Gasteiger partial charge in [0.25, 0.3) is 0 Å². The Morgan fingerprint density at radius 2 is 2.25 bits per heavy atom.